The van der Waals surface area contributed by atoms with Crippen LogP contribution in [0.4, 0.5) is 0 Å². The van der Waals surface area contributed by atoms with E-state index in [1.807, 2.05) is 12.1 Å². The van der Waals surface area contributed by atoms with Crippen LogP contribution in [0.3, 0.4) is 0 Å². The van der Waals surface area contributed by atoms with Gasteiger partial charge in [-0.1, -0.05) is 12.1 Å². The molecule has 0 amide bonds. The first-order valence-electron chi connectivity index (χ1n) is 7.28. The van der Waals surface area contributed by atoms with Crippen molar-refractivity contribution in [1.29, 1.82) is 0 Å². The van der Waals surface area contributed by atoms with Crippen LogP contribution in [0, 0.1) is 0 Å². The van der Waals surface area contributed by atoms with Crippen molar-refractivity contribution < 1.29 is 5.11 Å². The lowest BCUT2D eigenvalue weighted by Crippen LogP contribution is -2.44. The van der Waals surface area contributed by atoms with E-state index >= 15 is 0 Å². The Morgan fingerprint density at radius 3 is 2.63 bits per heavy atom. The molecule has 0 spiro atoms. The lowest BCUT2D eigenvalue weighted by atomic mass is 10.0. The molecule has 3 nitrogen and oxygen atoms in total. The van der Waals surface area contributed by atoms with Gasteiger partial charge in [-0.2, -0.15) is 0 Å². The lowest BCUT2D eigenvalue weighted by Gasteiger charge is -2.33. The molecule has 106 valence electrons. The van der Waals surface area contributed by atoms with Gasteiger partial charge in [0.2, 0.25) is 0 Å². The highest BCUT2D eigenvalue weighted by molar-refractivity contribution is 5.26. The predicted molar refractivity (Wildman–Crippen MR) is 79.6 cm³/mol. The van der Waals surface area contributed by atoms with Gasteiger partial charge in [0.15, 0.2) is 0 Å². The molecule has 19 heavy (non-hydrogen) atoms. The average Bonchev–Trinajstić information content (AvgIpc) is 2.53. The van der Waals surface area contributed by atoms with E-state index in [0.717, 1.165) is 13.0 Å². The van der Waals surface area contributed by atoms with E-state index in [1.54, 1.807) is 12.1 Å². The van der Waals surface area contributed by atoms with E-state index in [1.165, 1.54) is 25.1 Å². The smallest absolute Gasteiger partial charge is 0.115 e. The van der Waals surface area contributed by atoms with E-state index in [9.17, 15) is 5.11 Å². The van der Waals surface area contributed by atoms with Crippen LogP contribution in [0.15, 0.2) is 24.3 Å². The molecule has 0 aliphatic carbocycles. The number of phenols is 1. The monoisotopic (exact) mass is 262 g/mol. The van der Waals surface area contributed by atoms with Gasteiger partial charge in [0.05, 0.1) is 0 Å². The van der Waals surface area contributed by atoms with Crippen molar-refractivity contribution >= 4 is 0 Å². The second-order valence-corrected chi connectivity index (χ2v) is 5.92. The SMILES string of the molecule is CC(Cc1ccc(O)cc1)N1CCCN(C)CC1C. The van der Waals surface area contributed by atoms with E-state index < -0.39 is 0 Å². The minimum atomic E-state index is 0.348. The van der Waals surface area contributed by atoms with Crippen molar-refractivity contribution in [2.75, 3.05) is 26.7 Å². The third-order valence-electron chi connectivity index (χ3n) is 4.13. The van der Waals surface area contributed by atoms with E-state index in [2.05, 4.69) is 30.7 Å². The minimum Gasteiger partial charge on any atom is -0.508 e. The van der Waals surface area contributed by atoms with Crippen LogP contribution < -0.4 is 0 Å². The maximum Gasteiger partial charge on any atom is 0.115 e. The second kappa shape index (κ2) is 6.40. The molecule has 0 bridgehead atoms. The molecule has 1 fully saturated rings. The Labute approximate surface area is 116 Å². The number of benzene rings is 1. The van der Waals surface area contributed by atoms with Crippen LogP contribution in [0.5, 0.6) is 5.75 Å². The van der Waals surface area contributed by atoms with Gasteiger partial charge in [0.25, 0.3) is 0 Å². The highest BCUT2D eigenvalue weighted by atomic mass is 16.3. The second-order valence-electron chi connectivity index (χ2n) is 5.92. The molecule has 0 saturated carbocycles. The molecule has 0 aromatic heterocycles. The fourth-order valence-corrected chi connectivity index (χ4v) is 3.14. The Balaban J connectivity index is 1.98. The zero-order chi connectivity index (χ0) is 13.8. The fourth-order valence-electron chi connectivity index (χ4n) is 3.14. The van der Waals surface area contributed by atoms with Gasteiger partial charge in [-0.3, -0.25) is 4.90 Å². The number of rotatable bonds is 3. The summed E-state index contributed by atoms with van der Waals surface area (Å²) in [7, 11) is 2.21. The summed E-state index contributed by atoms with van der Waals surface area (Å²) in [4.78, 5) is 5.05. The Hall–Kier alpha value is -1.06. The summed E-state index contributed by atoms with van der Waals surface area (Å²) in [6.07, 6.45) is 2.30. The maximum atomic E-state index is 9.33. The molecule has 1 N–H and O–H groups in total. The molecule has 3 heteroatoms. The van der Waals surface area contributed by atoms with Crippen molar-refractivity contribution in [2.24, 2.45) is 0 Å². The molecule has 1 saturated heterocycles. The number of likely N-dealkylation sites (N-methyl/N-ethyl adjacent to an activating group) is 1. The van der Waals surface area contributed by atoms with Crippen LogP contribution in [0.1, 0.15) is 25.8 Å². The quantitative estimate of drug-likeness (QED) is 0.906. The molecule has 2 atom stereocenters. The van der Waals surface area contributed by atoms with Crippen molar-refractivity contribution in [1.82, 2.24) is 9.80 Å². The van der Waals surface area contributed by atoms with Crippen molar-refractivity contribution in [2.45, 2.75) is 38.8 Å². The molecule has 1 heterocycles. The Morgan fingerprint density at radius 2 is 1.95 bits per heavy atom. The summed E-state index contributed by atoms with van der Waals surface area (Å²) in [5, 5.41) is 9.33. The molecule has 1 aliphatic heterocycles. The van der Waals surface area contributed by atoms with Gasteiger partial charge in [0, 0.05) is 18.6 Å². The number of phenolic OH excluding ortho intramolecular Hbond substituents is 1. The third kappa shape index (κ3) is 3.95. The maximum absolute atomic E-state index is 9.33. The van der Waals surface area contributed by atoms with Crippen LogP contribution >= 0.6 is 0 Å². The molecule has 2 unspecified atom stereocenters. The summed E-state index contributed by atoms with van der Waals surface area (Å²) in [6, 6.07) is 8.77. The normalized spacial score (nSPS) is 24.1. The van der Waals surface area contributed by atoms with Crippen LogP contribution in [0.2, 0.25) is 0 Å². The average molecular weight is 262 g/mol. The van der Waals surface area contributed by atoms with Gasteiger partial charge in [-0.05, 0) is 64.5 Å². The summed E-state index contributed by atoms with van der Waals surface area (Å²) in [5.74, 6) is 0.348. The van der Waals surface area contributed by atoms with Gasteiger partial charge < -0.3 is 10.0 Å². The van der Waals surface area contributed by atoms with Crippen LogP contribution in [-0.4, -0.2) is 53.7 Å². The molecule has 1 aliphatic rings. The Morgan fingerprint density at radius 1 is 1.26 bits per heavy atom. The number of hydrogen-bond donors (Lipinski definition) is 1. The van der Waals surface area contributed by atoms with Crippen LogP contribution in [0.25, 0.3) is 0 Å². The van der Waals surface area contributed by atoms with Gasteiger partial charge in [-0.25, -0.2) is 0 Å². The first-order chi connectivity index (χ1) is 9.06. The zero-order valence-corrected chi connectivity index (χ0v) is 12.3. The summed E-state index contributed by atoms with van der Waals surface area (Å²) in [5.41, 5.74) is 1.30. The van der Waals surface area contributed by atoms with Gasteiger partial charge in [0.1, 0.15) is 5.75 Å². The predicted octanol–water partition coefficient (Wildman–Crippen LogP) is 2.35. The summed E-state index contributed by atoms with van der Waals surface area (Å²) >= 11 is 0. The first kappa shape index (κ1) is 14.4. The van der Waals surface area contributed by atoms with Gasteiger partial charge in [-0.15, -0.1) is 0 Å². The fraction of sp³-hybridized carbons (Fsp3) is 0.625. The summed E-state index contributed by atoms with van der Waals surface area (Å²) < 4.78 is 0. The first-order valence-corrected chi connectivity index (χ1v) is 7.28. The topological polar surface area (TPSA) is 26.7 Å². The standard InChI is InChI=1S/C16H26N2O/c1-13(11-15-5-7-16(19)8-6-15)18-10-4-9-17(3)12-14(18)2/h5-8,13-14,19H,4,9-12H2,1-3H3. The highest BCUT2D eigenvalue weighted by Gasteiger charge is 2.23. The third-order valence-corrected chi connectivity index (χ3v) is 4.13. The molecular weight excluding hydrogens is 236 g/mol. The van der Waals surface area contributed by atoms with E-state index in [-0.39, 0.29) is 0 Å². The zero-order valence-electron chi connectivity index (χ0n) is 12.3. The summed E-state index contributed by atoms with van der Waals surface area (Å²) in [6.45, 7) is 8.18. The Kier molecular flexibility index (Phi) is 4.83. The van der Waals surface area contributed by atoms with Crippen LogP contribution in [-0.2, 0) is 6.42 Å². The van der Waals surface area contributed by atoms with Gasteiger partial charge >= 0.3 is 0 Å². The van der Waals surface area contributed by atoms with Crippen molar-refractivity contribution in [3.8, 4) is 5.75 Å². The number of nitrogens with zero attached hydrogens (tertiary/aromatic N) is 2. The lowest BCUT2D eigenvalue weighted by molar-refractivity contribution is 0.151. The van der Waals surface area contributed by atoms with Crippen molar-refractivity contribution in [3.05, 3.63) is 29.8 Å². The van der Waals surface area contributed by atoms with Crippen molar-refractivity contribution in [3.63, 3.8) is 0 Å². The largest absolute Gasteiger partial charge is 0.508 e. The molecule has 1 aromatic rings. The number of aromatic hydroxyl groups is 1. The number of hydrogen-bond acceptors (Lipinski definition) is 3. The Bertz CT molecular complexity index is 390. The molecule has 1 aromatic carbocycles. The highest BCUT2D eigenvalue weighted by Crippen LogP contribution is 2.17. The minimum absolute atomic E-state index is 0.348. The molecular formula is C16H26N2O. The van der Waals surface area contributed by atoms with E-state index in [0.29, 0.717) is 17.8 Å². The molecule has 0 radical (unpaired) electrons. The van der Waals surface area contributed by atoms with E-state index in [4.69, 9.17) is 0 Å². The molecule has 2 rings (SSSR count).